The Morgan fingerprint density at radius 1 is 1.09 bits per heavy atom. The van der Waals surface area contributed by atoms with Crippen molar-refractivity contribution in [3.8, 4) is 23.3 Å². The fourth-order valence-electron chi connectivity index (χ4n) is 5.91. The lowest BCUT2D eigenvalue weighted by molar-refractivity contribution is 0.0479. The van der Waals surface area contributed by atoms with Crippen LogP contribution in [0.3, 0.4) is 0 Å². The normalized spacial score (nSPS) is 12.4. The summed E-state index contributed by atoms with van der Waals surface area (Å²) in [6, 6.07) is 8.77. The predicted molar refractivity (Wildman–Crippen MR) is 216 cm³/mol. The van der Waals surface area contributed by atoms with Crippen LogP contribution < -0.4 is 25.1 Å². The van der Waals surface area contributed by atoms with Gasteiger partial charge in [0, 0.05) is 24.3 Å². The summed E-state index contributed by atoms with van der Waals surface area (Å²) in [6.07, 6.45) is 11.2. The van der Waals surface area contributed by atoms with Crippen LogP contribution in [-0.4, -0.2) is 82.8 Å². The van der Waals surface area contributed by atoms with Crippen LogP contribution in [-0.2, 0) is 11.3 Å². The van der Waals surface area contributed by atoms with Gasteiger partial charge < -0.3 is 33.7 Å². The maximum atomic E-state index is 14.3. The summed E-state index contributed by atoms with van der Waals surface area (Å²) in [7, 11) is 6.58. The molecule has 4 aromatic rings. The number of nitrogens with one attached hydrogen (secondary N) is 1. The summed E-state index contributed by atoms with van der Waals surface area (Å²) in [6.45, 7) is 15.2. The maximum Gasteiger partial charge on any atom is 0.359 e. The van der Waals surface area contributed by atoms with Crippen molar-refractivity contribution in [2.24, 2.45) is 0 Å². The second kappa shape index (κ2) is 19.8. The number of carbonyl (C=O) groups excluding carboxylic acids is 1. The largest absolute Gasteiger partial charge is 0.497 e. The Bertz CT molecular complexity index is 2050. The van der Waals surface area contributed by atoms with E-state index < -0.39 is 12.0 Å². The highest BCUT2D eigenvalue weighted by atomic mass is 35.5. The number of anilines is 1. The number of allylic oxidation sites excluding steroid dienone is 3. The van der Waals surface area contributed by atoms with E-state index in [2.05, 4.69) is 40.6 Å². The fourth-order valence-corrected chi connectivity index (χ4v) is 6.14. The molecular formula is C41H52ClN7O6. The Hall–Kier alpha value is -5.40. The monoisotopic (exact) mass is 773 g/mol. The molecule has 0 radical (unpaired) electrons. The summed E-state index contributed by atoms with van der Waals surface area (Å²) in [5, 5.41) is 8.53. The third-order valence-electron chi connectivity index (χ3n) is 9.03. The summed E-state index contributed by atoms with van der Waals surface area (Å²) >= 11 is 6.61. The highest BCUT2D eigenvalue weighted by Gasteiger charge is 2.34. The van der Waals surface area contributed by atoms with E-state index in [-0.39, 0.29) is 47.2 Å². The molecular weight excluding hydrogens is 722 g/mol. The van der Waals surface area contributed by atoms with Gasteiger partial charge in [-0.1, -0.05) is 68.5 Å². The quantitative estimate of drug-likeness (QED) is 0.0580. The number of esters is 1. The molecule has 0 amide bonds. The molecule has 55 heavy (non-hydrogen) atoms. The van der Waals surface area contributed by atoms with E-state index in [0.717, 1.165) is 17.7 Å². The van der Waals surface area contributed by atoms with Crippen molar-refractivity contribution >= 4 is 23.3 Å². The third-order valence-corrected chi connectivity index (χ3v) is 9.30. The molecule has 13 nitrogen and oxygen atoms in total. The number of methoxy groups -OCH3 is 3. The van der Waals surface area contributed by atoms with E-state index in [4.69, 9.17) is 35.6 Å². The van der Waals surface area contributed by atoms with Gasteiger partial charge in [0.1, 0.15) is 16.5 Å². The van der Waals surface area contributed by atoms with Crippen LogP contribution in [0, 0.1) is 0 Å². The molecule has 0 bridgehead atoms. The van der Waals surface area contributed by atoms with Gasteiger partial charge in [-0.25, -0.2) is 14.5 Å². The van der Waals surface area contributed by atoms with Crippen LogP contribution in [0.5, 0.6) is 17.6 Å². The molecule has 0 aliphatic heterocycles. The summed E-state index contributed by atoms with van der Waals surface area (Å²) < 4.78 is 25.3. The number of carbonyl (C=O) groups is 1. The molecule has 3 heterocycles. The van der Waals surface area contributed by atoms with Crippen LogP contribution >= 0.6 is 11.6 Å². The molecule has 0 saturated carbocycles. The molecule has 14 heteroatoms. The van der Waals surface area contributed by atoms with E-state index >= 15 is 0 Å². The number of hydrogen-bond donors (Lipinski definition) is 1. The highest BCUT2D eigenvalue weighted by Crippen LogP contribution is 2.38. The van der Waals surface area contributed by atoms with Crippen molar-refractivity contribution in [1.29, 1.82) is 0 Å². The predicted octanol–water partition coefficient (Wildman–Crippen LogP) is 7.40. The average molecular weight is 774 g/mol. The molecule has 0 aliphatic rings. The second-order valence-electron chi connectivity index (χ2n) is 13.3. The molecule has 4 rings (SSSR count). The minimum Gasteiger partial charge on any atom is -0.497 e. The number of benzene rings is 1. The second-order valence-corrected chi connectivity index (χ2v) is 13.8. The summed E-state index contributed by atoms with van der Waals surface area (Å²) in [4.78, 5) is 38.5. The zero-order chi connectivity index (χ0) is 40.2. The minimum atomic E-state index is -0.713. The molecule has 3 aromatic heterocycles. The van der Waals surface area contributed by atoms with E-state index in [1.807, 2.05) is 70.3 Å². The van der Waals surface area contributed by atoms with Gasteiger partial charge in [-0.15, -0.1) is 0 Å². The first-order chi connectivity index (χ1) is 26.4. The smallest absolute Gasteiger partial charge is 0.359 e. The molecule has 1 atom stereocenters. The summed E-state index contributed by atoms with van der Waals surface area (Å²) in [5.74, 6) is 0.0956. The number of ether oxygens (including phenoxy) is 4. The molecule has 0 fully saturated rings. The Labute approximate surface area is 328 Å². The molecule has 1 aromatic carbocycles. The van der Waals surface area contributed by atoms with E-state index in [9.17, 15) is 9.59 Å². The van der Waals surface area contributed by atoms with Gasteiger partial charge in [-0.3, -0.25) is 4.79 Å². The van der Waals surface area contributed by atoms with Crippen LogP contribution in [0.15, 0.2) is 84.0 Å². The van der Waals surface area contributed by atoms with Gasteiger partial charge in [0.2, 0.25) is 5.88 Å². The van der Waals surface area contributed by atoms with Crippen LogP contribution in [0.2, 0.25) is 5.02 Å². The number of pyridine rings is 1. The Morgan fingerprint density at radius 3 is 2.42 bits per heavy atom. The number of nitrogens with zero attached hydrogens (tertiary/aromatic N) is 6. The molecule has 1 N–H and O–H groups in total. The first-order valence-electron chi connectivity index (χ1n) is 18.1. The van der Waals surface area contributed by atoms with Crippen molar-refractivity contribution in [2.75, 3.05) is 46.8 Å². The molecule has 1 unspecified atom stereocenters. The van der Waals surface area contributed by atoms with Crippen LogP contribution in [0.1, 0.15) is 80.3 Å². The third kappa shape index (κ3) is 10.4. The Balaban J connectivity index is 1.94. The Morgan fingerprint density at radius 2 is 1.82 bits per heavy atom. The van der Waals surface area contributed by atoms with Crippen LogP contribution in [0.4, 0.5) is 5.69 Å². The first-order valence-corrected chi connectivity index (χ1v) is 18.4. The van der Waals surface area contributed by atoms with Gasteiger partial charge in [0.05, 0.1) is 58.1 Å². The van der Waals surface area contributed by atoms with E-state index in [1.54, 1.807) is 30.1 Å². The topological polar surface area (TPSA) is 135 Å². The van der Waals surface area contributed by atoms with Gasteiger partial charge in [0.25, 0.3) is 5.56 Å². The standard InChI is InChI=1S/C41H52ClN7O6/c1-11-13-15-29(12-2)35(44-30-22-32(42)39(50)48(25-30)24-28-16-18-31(52-8)19-17-28)34-36(40(51)55-21-14-20-47(7)27(5)6)46-49(37(34)26(3)4)33-23-43-41(54-10)45-38(33)53-9/h11-13,15-19,22-23,25-27,35,44H,1,14,20-21,24H2,2-10H3. The minimum absolute atomic E-state index is 0.0202. The van der Waals surface area contributed by atoms with Gasteiger partial charge >= 0.3 is 12.0 Å². The summed E-state index contributed by atoms with van der Waals surface area (Å²) in [5.41, 5.74) is 3.51. The lowest BCUT2D eigenvalue weighted by Crippen LogP contribution is -2.28. The fraction of sp³-hybridized carbons (Fsp3) is 0.390. The maximum absolute atomic E-state index is 14.3. The van der Waals surface area contributed by atoms with E-state index in [1.165, 1.54) is 25.0 Å². The lowest BCUT2D eigenvalue weighted by Gasteiger charge is -2.25. The number of rotatable bonds is 19. The van der Waals surface area contributed by atoms with Crippen molar-refractivity contribution in [3.63, 3.8) is 0 Å². The number of halogens is 1. The van der Waals surface area contributed by atoms with Crippen molar-refractivity contribution in [3.05, 3.63) is 117 Å². The highest BCUT2D eigenvalue weighted by molar-refractivity contribution is 6.30. The average Bonchev–Trinajstić information content (AvgIpc) is 3.58. The first kappa shape index (κ1) is 42.3. The molecule has 0 saturated heterocycles. The Kier molecular flexibility index (Phi) is 15.2. The van der Waals surface area contributed by atoms with Gasteiger partial charge in [0.15, 0.2) is 5.69 Å². The number of hydrogen-bond acceptors (Lipinski definition) is 11. The van der Waals surface area contributed by atoms with Crippen molar-refractivity contribution < 1.29 is 23.7 Å². The van der Waals surface area contributed by atoms with Crippen LogP contribution in [0.25, 0.3) is 5.69 Å². The lowest BCUT2D eigenvalue weighted by atomic mass is 9.91. The van der Waals surface area contributed by atoms with Crippen molar-refractivity contribution in [2.45, 2.75) is 65.6 Å². The SMILES string of the molecule is C=CC=CC(=CC)C(Nc1cc(Cl)c(=O)n(Cc2ccc(OC)cc2)c1)c1c(C(=O)OCCCN(C)C(C)C)nn(-c2cnc(OC)nc2OC)c1C(C)C. The van der Waals surface area contributed by atoms with Crippen molar-refractivity contribution in [1.82, 2.24) is 29.2 Å². The molecule has 0 spiro atoms. The molecule has 294 valence electrons. The van der Waals surface area contributed by atoms with Gasteiger partial charge in [-0.05, 0) is 69.5 Å². The zero-order valence-corrected chi connectivity index (χ0v) is 33.9. The number of aromatic nitrogens is 5. The molecule has 0 aliphatic carbocycles. The van der Waals surface area contributed by atoms with Gasteiger partial charge in [-0.2, -0.15) is 10.1 Å². The zero-order valence-electron chi connectivity index (χ0n) is 33.1. The van der Waals surface area contributed by atoms with E-state index in [0.29, 0.717) is 40.8 Å².